The highest BCUT2D eigenvalue weighted by Crippen LogP contribution is 2.30. The van der Waals surface area contributed by atoms with Crippen LogP contribution in [0.3, 0.4) is 0 Å². The fraction of sp³-hybridized carbons (Fsp3) is 0.455. The quantitative estimate of drug-likeness (QED) is 0.757. The molecule has 4 nitrogen and oxygen atoms in total. The molecule has 1 aromatic rings. The number of rotatable bonds is 3. The Bertz CT molecular complexity index is 322. The molecule has 0 amide bonds. The molecule has 0 spiro atoms. The molecular weight excluding hydrogens is 188 g/mol. The lowest BCUT2D eigenvalue weighted by molar-refractivity contribution is 0.117. The molecule has 0 aromatic heterocycles. The third kappa shape index (κ3) is 1.79. The lowest BCUT2D eigenvalue weighted by Gasteiger charge is -2.26. The Balaban J connectivity index is 2.26. The minimum Gasteiger partial charge on any atom is -0.249 e. The maximum Gasteiger partial charge on any atom is 0.163 e. The van der Waals surface area contributed by atoms with Crippen molar-refractivity contribution in [3.05, 3.63) is 35.9 Å². The molecular formula is C11H16N4. The van der Waals surface area contributed by atoms with Crippen molar-refractivity contribution in [2.45, 2.75) is 20.0 Å². The highest BCUT2D eigenvalue weighted by Gasteiger charge is 2.28. The fourth-order valence-corrected chi connectivity index (χ4v) is 1.80. The first kappa shape index (κ1) is 9.96. The highest BCUT2D eigenvalue weighted by atomic mass is 15.8. The van der Waals surface area contributed by atoms with E-state index in [9.17, 15) is 0 Å². The second kappa shape index (κ2) is 4.29. The van der Waals surface area contributed by atoms with Crippen molar-refractivity contribution in [2.24, 2.45) is 10.4 Å². The molecule has 2 rings (SSSR count). The van der Waals surface area contributed by atoms with Crippen LogP contribution in [0.25, 0.3) is 0 Å². The molecule has 0 aliphatic carbocycles. The Morgan fingerprint density at radius 1 is 1.00 bits per heavy atom. The van der Waals surface area contributed by atoms with E-state index in [1.165, 1.54) is 5.56 Å². The number of hydrogen-bond acceptors (Lipinski definition) is 4. The molecule has 80 valence electrons. The van der Waals surface area contributed by atoms with Crippen molar-refractivity contribution in [3.8, 4) is 0 Å². The second-order valence-corrected chi connectivity index (χ2v) is 3.47. The Hall–Kier alpha value is -1.58. The molecule has 0 radical (unpaired) electrons. The Morgan fingerprint density at radius 3 is 2.00 bits per heavy atom. The van der Waals surface area contributed by atoms with E-state index >= 15 is 0 Å². The molecule has 0 saturated carbocycles. The van der Waals surface area contributed by atoms with Gasteiger partial charge in [-0.2, -0.15) is 0 Å². The van der Waals surface area contributed by atoms with Crippen molar-refractivity contribution in [1.29, 1.82) is 0 Å². The van der Waals surface area contributed by atoms with Crippen LogP contribution in [0.15, 0.2) is 40.8 Å². The van der Waals surface area contributed by atoms with Gasteiger partial charge in [-0.1, -0.05) is 40.8 Å². The summed E-state index contributed by atoms with van der Waals surface area (Å²) in [5.41, 5.74) is 1.24. The third-order valence-corrected chi connectivity index (χ3v) is 2.58. The molecule has 4 heteroatoms. The van der Waals surface area contributed by atoms with Crippen LogP contribution >= 0.6 is 0 Å². The summed E-state index contributed by atoms with van der Waals surface area (Å²) in [4.78, 5) is 0. The van der Waals surface area contributed by atoms with Crippen LogP contribution in [-0.4, -0.2) is 23.1 Å². The molecule has 0 unspecified atom stereocenters. The third-order valence-electron chi connectivity index (χ3n) is 2.58. The maximum atomic E-state index is 4.15. The molecule has 1 aliphatic rings. The van der Waals surface area contributed by atoms with E-state index in [1.807, 2.05) is 16.1 Å². The van der Waals surface area contributed by atoms with Crippen molar-refractivity contribution < 1.29 is 0 Å². The molecule has 1 heterocycles. The molecule has 0 saturated heterocycles. The SMILES string of the molecule is CCN1N=NN(CC)C1c1ccccc1. The lowest BCUT2D eigenvalue weighted by atomic mass is 10.1. The predicted octanol–water partition coefficient (Wildman–Crippen LogP) is 2.62. The zero-order chi connectivity index (χ0) is 10.7. The van der Waals surface area contributed by atoms with E-state index in [-0.39, 0.29) is 6.17 Å². The standard InChI is InChI=1S/C11H16N4/c1-3-14-11(15(4-2)13-12-14)10-8-6-5-7-9-10/h5-9,11H,3-4H2,1-2H3. The Labute approximate surface area is 90.2 Å². The number of hydrogen-bond donors (Lipinski definition) is 0. The summed E-state index contributed by atoms with van der Waals surface area (Å²) in [6.07, 6.45) is 0.168. The van der Waals surface area contributed by atoms with Gasteiger partial charge in [0.2, 0.25) is 0 Å². The van der Waals surface area contributed by atoms with Gasteiger partial charge in [0.15, 0.2) is 6.17 Å². The lowest BCUT2D eigenvalue weighted by Crippen LogP contribution is -2.30. The van der Waals surface area contributed by atoms with Crippen LogP contribution in [0.5, 0.6) is 0 Å². The Kier molecular flexibility index (Phi) is 2.85. The normalized spacial score (nSPS) is 16.4. The average molecular weight is 204 g/mol. The largest absolute Gasteiger partial charge is 0.249 e. The smallest absolute Gasteiger partial charge is 0.163 e. The minimum absolute atomic E-state index is 0.168. The van der Waals surface area contributed by atoms with Gasteiger partial charge in [-0.25, -0.2) is 10.0 Å². The highest BCUT2D eigenvalue weighted by molar-refractivity contribution is 5.18. The maximum absolute atomic E-state index is 4.15. The summed E-state index contributed by atoms with van der Waals surface area (Å²) in [7, 11) is 0. The van der Waals surface area contributed by atoms with E-state index in [1.54, 1.807) is 0 Å². The van der Waals surface area contributed by atoms with Gasteiger partial charge in [0.05, 0.1) is 0 Å². The van der Waals surface area contributed by atoms with Gasteiger partial charge in [0, 0.05) is 13.1 Å². The summed E-state index contributed by atoms with van der Waals surface area (Å²) >= 11 is 0. The summed E-state index contributed by atoms with van der Waals surface area (Å²) in [6.45, 7) is 5.93. The predicted molar refractivity (Wildman–Crippen MR) is 58.8 cm³/mol. The van der Waals surface area contributed by atoms with Crippen molar-refractivity contribution in [3.63, 3.8) is 0 Å². The molecule has 1 aromatic carbocycles. The van der Waals surface area contributed by atoms with E-state index < -0.39 is 0 Å². The first-order chi connectivity index (χ1) is 7.36. The van der Waals surface area contributed by atoms with Gasteiger partial charge >= 0.3 is 0 Å². The van der Waals surface area contributed by atoms with Crippen LogP contribution in [0.2, 0.25) is 0 Å². The van der Waals surface area contributed by atoms with Crippen LogP contribution < -0.4 is 0 Å². The molecule has 0 bridgehead atoms. The summed E-state index contributed by atoms with van der Waals surface area (Å²) in [6, 6.07) is 10.4. The summed E-state index contributed by atoms with van der Waals surface area (Å²) in [5, 5.41) is 12.3. The summed E-state index contributed by atoms with van der Waals surface area (Å²) < 4.78 is 0. The van der Waals surface area contributed by atoms with E-state index in [0.717, 1.165) is 13.1 Å². The van der Waals surface area contributed by atoms with Crippen LogP contribution in [0.4, 0.5) is 0 Å². The van der Waals surface area contributed by atoms with Crippen molar-refractivity contribution in [2.75, 3.05) is 13.1 Å². The zero-order valence-corrected chi connectivity index (χ0v) is 9.17. The molecule has 15 heavy (non-hydrogen) atoms. The Morgan fingerprint density at radius 2 is 1.53 bits per heavy atom. The van der Waals surface area contributed by atoms with Crippen LogP contribution in [-0.2, 0) is 0 Å². The van der Waals surface area contributed by atoms with Crippen LogP contribution in [0, 0.1) is 0 Å². The van der Waals surface area contributed by atoms with Gasteiger partial charge in [-0.15, -0.1) is 0 Å². The number of nitrogens with zero attached hydrogens (tertiary/aromatic N) is 4. The monoisotopic (exact) mass is 204 g/mol. The van der Waals surface area contributed by atoms with Crippen molar-refractivity contribution >= 4 is 0 Å². The van der Waals surface area contributed by atoms with Gasteiger partial charge in [0.1, 0.15) is 0 Å². The molecule has 0 N–H and O–H groups in total. The van der Waals surface area contributed by atoms with Crippen LogP contribution in [0.1, 0.15) is 25.6 Å². The molecule has 1 aliphatic heterocycles. The molecule has 0 fully saturated rings. The van der Waals surface area contributed by atoms with Crippen molar-refractivity contribution in [1.82, 2.24) is 10.0 Å². The zero-order valence-electron chi connectivity index (χ0n) is 9.17. The fourth-order valence-electron chi connectivity index (χ4n) is 1.80. The summed E-state index contributed by atoms with van der Waals surface area (Å²) in [5.74, 6) is 0. The first-order valence-corrected chi connectivity index (χ1v) is 5.36. The van der Waals surface area contributed by atoms with Gasteiger partial charge < -0.3 is 0 Å². The van der Waals surface area contributed by atoms with E-state index in [0.29, 0.717) is 0 Å². The van der Waals surface area contributed by atoms with Gasteiger partial charge in [0.25, 0.3) is 0 Å². The minimum atomic E-state index is 0.168. The van der Waals surface area contributed by atoms with Gasteiger partial charge in [-0.3, -0.25) is 0 Å². The van der Waals surface area contributed by atoms with Gasteiger partial charge in [-0.05, 0) is 19.4 Å². The number of benzene rings is 1. The molecule has 0 atom stereocenters. The van der Waals surface area contributed by atoms with E-state index in [4.69, 9.17) is 0 Å². The first-order valence-electron chi connectivity index (χ1n) is 5.36. The topological polar surface area (TPSA) is 31.2 Å². The average Bonchev–Trinajstić information content (AvgIpc) is 2.72. The second-order valence-electron chi connectivity index (χ2n) is 3.47. The van der Waals surface area contributed by atoms with E-state index in [2.05, 4.69) is 48.6 Å².